The monoisotopic (exact) mass is 395 g/mol. The van der Waals surface area contributed by atoms with Gasteiger partial charge >= 0.3 is 5.69 Å². The first-order valence-electron chi connectivity index (χ1n) is 10.5. The highest BCUT2D eigenvalue weighted by Crippen LogP contribution is 2.33. The van der Waals surface area contributed by atoms with Crippen LogP contribution >= 0.6 is 0 Å². The average Bonchev–Trinajstić information content (AvgIpc) is 3.10. The number of hydrogen-bond acceptors (Lipinski definition) is 4. The van der Waals surface area contributed by atoms with Crippen LogP contribution in [-0.4, -0.2) is 25.2 Å². The molecule has 29 heavy (non-hydrogen) atoms. The predicted octanol–water partition coefficient (Wildman–Crippen LogP) is 3.05. The molecule has 0 amide bonds. The van der Waals surface area contributed by atoms with Crippen molar-refractivity contribution in [3.8, 4) is 0 Å². The summed E-state index contributed by atoms with van der Waals surface area (Å²) < 4.78 is 4.76. The summed E-state index contributed by atoms with van der Waals surface area (Å²) >= 11 is 0. The number of unbranched alkanes of at least 4 members (excludes halogenated alkanes) is 1. The van der Waals surface area contributed by atoms with Gasteiger partial charge in [-0.2, -0.15) is 4.98 Å². The van der Waals surface area contributed by atoms with Gasteiger partial charge in [-0.15, -0.1) is 0 Å². The molecule has 0 unspecified atom stereocenters. The molecule has 0 aliphatic carbocycles. The molecule has 0 fully saturated rings. The Morgan fingerprint density at radius 2 is 1.83 bits per heavy atom. The van der Waals surface area contributed by atoms with Crippen molar-refractivity contribution in [2.45, 2.75) is 53.1 Å². The summed E-state index contributed by atoms with van der Waals surface area (Å²) in [5.41, 5.74) is 2.80. The van der Waals surface area contributed by atoms with Gasteiger partial charge in [0.25, 0.3) is 5.56 Å². The lowest BCUT2D eigenvalue weighted by atomic mass is 10.1. The van der Waals surface area contributed by atoms with Crippen LogP contribution in [0, 0.1) is 5.92 Å². The van der Waals surface area contributed by atoms with Crippen molar-refractivity contribution in [3.05, 3.63) is 50.7 Å². The molecule has 4 rings (SSSR count). The smallest absolute Gasteiger partial charge is 0.312 e. The molecule has 1 aliphatic heterocycles. The fraction of sp³-hybridized carbons (Fsp3) is 0.500. The van der Waals surface area contributed by atoms with Crippen molar-refractivity contribution in [1.82, 2.24) is 18.7 Å². The molecule has 0 bridgehead atoms. The lowest BCUT2D eigenvalue weighted by molar-refractivity contribution is 0.458. The van der Waals surface area contributed by atoms with Gasteiger partial charge in [-0.05, 0) is 43.4 Å². The lowest BCUT2D eigenvalue weighted by Crippen LogP contribution is -2.40. The third-order valence-corrected chi connectivity index (χ3v) is 5.83. The first-order chi connectivity index (χ1) is 14.0. The molecule has 3 aromatic rings. The van der Waals surface area contributed by atoms with E-state index in [1.165, 1.54) is 27.5 Å². The molecule has 0 saturated heterocycles. The normalized spacial score (nSPS) is 16.4. The number of imidazole rings is 1. The molecule has 0 spiro atoms. The predicted molar refractivity (Wildman–Crippen MR) is 116 cm³/mol. The second-order valence-electron chi connectivity index (χ2n) is 8.07. The summed E-state index contributed by atoms with van der Waals surface area (Å²) in [5, 5.41) is 0. The van der Waals surface area contributed by atoms with Gasteiger partial charge in [-0.3, -0.25) is 13.9 Å². The van der Waals surface area contributed by atoms with Gasteiger partial charge in [0.1, 0.15) is 0 Å². The van der Waals surface area contributed by atoms with Crippen molar-refractivity contribution in [2.75, 3.05) is 11.4 Å². The maximum Gasteiger partial charge on any atom is 0.332 e. The molecule has 1 atom stereocenters. The first-order valence-corrected chi connectivity index (χ1v) is 10.5. The van der Waals surface area contributed by atoms with Gasteiger partial charge in [0, 0.05) is 32.4 Å². The number of nitrogens with zero attached hydrogens (tertiary/aromatic N) is 5. The van der Waals surface area contributed by atoms with Gasteiger partial charge in [0.05, 0.1) is 0 Å². The van der Waals surface area contributed by atoms with E-state index in [1.807, 2.05) is 11.5 Å². The molecule has 1 aromatic carbocycles. The largest absolute Gasteiger partial charge is 0.332 e. The summed E-state index contributed by atoms with van der Waals surface area (Å²) in [6, 6.07) is 8.63. The highest BCUT2D eigenvalue weighted by Gasteiger charge is 2.29. The average molecular weight is 396 g/mol. The second kappa shape index (κ2) is 7.54. The summed E-state index contributed by atoms with van der Waals surface area (Å²) in [6.07, 6.45) is 3.46. The van der Waals surface area contributed by atoms with Gasteiger partial charge in [0.15, 0.2) is 11.2 Å². The van der Waals surface area contributed by atoms with Crippen LogP contribution in [0.1, 0.15) is 39.2 Å². The van der Waals surface area contributed by atoms with Crippen LogP contribution in [0.15, 0.2) is 33.9 Å². The number of fused-ring (bicyclic) bond motifs is 3. The molecule has 0 saturated carbocycles. The Morgan fingerprint density at radius 3 is 2.48 bits per heavy atom. The molecular formula is C22H29N5O2. The van der Waals surface area contributed by atoms with E-state index in [4.69, 9.17) is 4.98 Å². The summed E-state index contributed by atoms with van der Waals surface area (Å²) in [4.78, 5) is 32.5. The zero-order chi connectivity index (χ0) is 20.7. The van der Waals surface area contributed by atoms with Crippen molar-refractivity contribution in [2.24, 2.45) is 13.0 Å². The van der Waals surface area contributed by atoms with Crippen LogP contribution < -0.4 is 16.1 Å². The number of anilines is 2. The van der Waals surface area contributed by atoms with E-state index in [0.717, 1.165) is 24.6 Å². The number of hydrogen-bond donors (Lipinski definition) is 0. The molecular weight excluding hydrogens is 366 g/mol. The number of aryl methyl sites for hydroxylation is 2. The van der Waals surface area contributed by atoms with Crippen LogP contribution in [0.5, 0.6) is 0 Å². The van der Waals surface area contributed by atoms with E-state index in [2.05, 4.69) is 43.0 Å². The van der Waals surface area contributed by atoms with Crippen LogP contribution in [0.4, 0.5) is 11.6 Å². The fourth-order valence-corrected chi connectivity index (χ4v) is 4.22. The Morgan fingerprint density at radius 1 is 1.10 bits per heavy atom. The Balaban J connectivity index is 1.86. The molecule has 1 aliphatic rings. The Kier molecular flexibility index (Phi) is 5.06. The molecule has 2 aromatic heterocycles. The van der Waals surface area contributed by atoms with E-state index >= 15 is 0 Å². The minimum atomic E-state index is -0.319. The summed E-state index contributed by atoms with van der Waals surface area (Å²) in [5.74, 6) is 1.09. The zero-order valence-electron chi connectivity index (χ0n) is 17.7. The third-order valence-electron chi connectivity index (χ3n) is 5.83. The Hall–Kier alpha value is -2.83. The zero-order valence-corrected chi connectivity index (χ0v) is 17.7. The topological polar surface area (TPSA) is 65.1 Å². The van der Waals surface area contributed by atoms with Crippen LogP contribution in [0.2, 0.25) is 0 Å². The molecule has 7 nitrogen and oxygen atoms in total. The van der Waals surface area contributed by atoms with Crippen molar-refractivity contribution < 1.29 is 0 Å². The van der Waals surface area contributed by atoms with Gasteiger partial charge in [-0.25, -0.2) is 4.79 Å². The van der Waals surface area contributed by atoms with Crippen molar-refractivity contribution in [1.29, 1.82) is 0 Å². The van der Waals surface area contributed by atoms with Crippen molar-refractivity contribution >= 4 is 22.8 Å². The quantitative estimate of drug-likeness (QED) is 0.666. The molecule has 0 N–H and O–H groups in total. The van der Waals surface area contributed by atoms with E-state index in [-0.39, 0.29) is 11.2 Å². The summed E-state index contributed by atoms with van der Waals surface area (Å²) in [7, 11) is 1.69. The maximum absolute atomic E-state index is 13.0. The number of benzene rings is 1. The second-order valence-corrected chi connectivity index (χ2v) is 8.07. The molecule has 7 heteroatoms. The standard InChI is InChI=1S/C22H29N5O2/c1-5-7-8-16-9-11-17(12-10-16)26-13-15(3)14-27-18-19(23-21(26)27)24(4)22(29)25(6-2)20(18)28/h9-12,15H,5-8,13-14H2,1-4H3/t15-/m1/s1. The maximum atomic E-state index is 13.0. The SMILES string of the molecule is CCCCc1ccc(N2C[C@@H](C)Cn3c2nc2c3c(=O)n(CC)c(=O)n2C)cc1. The minimum Gasteiger partial charge on any atom is -0.312 e. The minimum absolute atomic E-state index is 0.256. The Labute approximate surface area is 170 Å². The lowest BCUT2D eigenvalue weighted by Gasteiger charge is -2.33. The highest BCUT2D eigenvalue weighted by molar-refractivity contribution is 5.77. The third kappa shape index (κ3) is 3.18. The van der Waals surface area contributed by atoms with E-state index in [1.54, 1.807) is 7.05 Å². The van der Waals surface area contributed by atoms with Crippen LogP contribution in [-0.2, 0) is 26.6 Å². The van der Waals surface area contributed by atoms with E-state index < -0.39 is 0 Å². The summed E-state index contributed by atoms with van der Waals surface area (Å²) in [6.45, 7) is 8.09. The van der Waals surface area contributed by atoms with Gasteiger partial charge < -0.3 is 9.47 Å². The fourth-order valence-electron chi connectivity index (χ4n) is 4.22. The first kappa shape index (κ1) is 19.5. The van der Waals surface area contributed by atoms with Crippen LogP contribution in [0.25, 0.3) is 11.2 Å². The van der Waals surface area contributed by atoms with Gasteiger partial charge in [-0.1, -0.05) is 32.4 Å². The Bertz CT molecular complexity index is 1150. The van der Waals surface area contributed by atoms with Gasteiger partial charge in [0.2, 0.25) is 5.95 Å². The highest BCUT2D eigenvalue weighted by atomic mass is 16.2. The molecule has 154 valence electrons. The number of aromatic nitrogens is 4. The van der Waals surface area contributed by atoms with E-state index in [9.17, 15) is 9.59 Å². The molecule has 0 radical (unpaired) electrons. The number of rotatable bonds is 5. The van der Waals surface area contributed by atoms with Crippen molar-refractivity contribution in [3.63, 3.8) is 0 Å². The van der Waals surface area contributed by atoms with E-state index in [0.29, 0.717) is 30.2 Å². The van der Waals surface area contributed by atoms with Crippen LogP contribution in [0.3, 0.4) is 0 Å². The molecule has 3 heterocycles.